The molecule has 0 fully saturated rings. The van der Waals surface area contributed by atoms with Gasteiger partial charge in [0.25, 0.3) is 11.1 Å². The van der Waals surface area contributed by atoms with Crippen molar-refractivity contribution < 1.29 is 9.59 Å². The van der Waals surface area contributed by atoms with Crippen molar-refractivity contribution in [2.45, 2.75) is 25.0 Å². The Kier molecular flexibility index (Phi) is 16.2. The highest BCUT2D eigenvalue weighted by molar-refractivity contribution is 9.10. The summed E-state index contributed by atoms with van der Waals surface area (Å²) in [5.74, 6) is 0.00134. The molecule has 8 heterocycles. The van der Waals surface area contributed by atoms with E-state index in [0.717, 1.165) is 15.6 Å². The summed E-state index contributed by atoms with van der Waals surface area (Å²) in [6, 6.07) is 21.4. The summed E-state index contributed by atoms with van der Waals surface area (Å²) in [7, 11) is 3.02. The third-order valence-corrected chi connectivity index (χ3v) is 9.94. The van der Waals surface area contributed by atoms with E-state index < -0.39 is 22.5 Å². The average Bonchev–Trinajstić information content (AvgIpc) is 3.87. The predicted molar refractivity (Wildman–Crippen MR) is 246 cm³/mol. The molecule has 3 N–H and O–H groups in total. The van der Waals surface area contributed by atoms with Gasteiger partial charge in [-0.15, -0.1) is 17.0 Å². The number of anilines is 2. The Morgan fingerprint density at radius 2 is 1.18 bits per heavy atom. The van der Waals surface area contributed by atoms with Crippen molar-refractivity contribution in [2.75, 3.05) is 10.6 Å². The van der Waals surface area contributed by atoms with Crippen LogP contribution < -0.4 is 33.1 Å². The third-order valence-electron chi connectivity index (χ3n) is 8.48. The normalized spacial score (nSPS) is 10.5. The zero-order valence-electron chi connectivity index (χ0n) is 32.5. The molecule has 20 nitrogen and oxygen atoms in total. The summed E-state index contributed by atoms with van der Waals surface area (Å²) in [6.45, 7) is -0.282. The average molecular weight is 1100 g/mol. The molecule has 0 aromatic carbocycles. The third kappa shape index (κ3) is 11.6. The number of aromatic amines is 1. The standard InChI is InChI=1S/C19H16BrN7O3.C13H11BrN6O3.C6H6BrN.BrH/c1-25-17-16(18(29)27(19(25)30)9-12-5-2-3-8-21-12)26(11-22-17)10-15(28)24-14-7-4-6-13(20)23-14;1-19-11-10(12(22)18-13(19)23)20(6-15-11)5-9(21)17-8-4-2-3-7(14)16-8;7-5-6-3-1-2-4-8-6;/h2-8,11H,9-10H2,1H3,(H,23,24,28);2-4,6H,5H2,1H3,(H,16,17,21)(H,18,22,23);1-4H,5H2;1H. The van der Waals surface area contributed by atoms with E-state index >= 15 is 0 Å². The van der Waals surface area contributed by atoms with Crippen LogP contribution in [0.5, 0.6) is 0 Å². The number of nitrogens with one attached hydrogen (secondary N) is 3. The Balaban J connectivity index is 0.000000200. The van der Waals surface area contributed by atoms with Gasteiger partial charge in [-0.1, -0.05) is 40.2 Å². The molecule has 320 valence electrons. The topological polar surface area (TPSA) is 244 Å². The Hall–Kier alpha value is -6.24. The van der Waals surface area contributed by atoms with Gasteiger partial charge < -0.3 is 19.8 Å². The molecule has 8 aromatic heterocycles. The van der Waals surface area contributed by atoms with E-state index in [0.29, 0.717) is 26.5 Å². The first-order valence-electron chi connectivity index (χ1n) is 17.8. The number of hydrogen-bond acceptors (Lipinski definition) is 12. The molecule has 0 spiro atoms. The minimum Gasteiger partial charge on any atom is -0.315 e. The van der Waals surface area contributed by atoms with Crippen LogP contribution in [0.4, 0.5) is 11.6 Å². The van der Waals surface area contributed by atoms with Gasteiger partial charge in [-0.3, -0.25) is 47.8 Å². The number of carbonyl (C=O) groups is 2. The number of nitrogens with zero attached hydrogens (tertiary/aromatic N) is 11. The zero-order chi connectivity index (χ0) is 43.6. The summed E-state index contributed by atoms with van der Waals surface area (Å²) in [5.41, 5.74) is 0.186. The van der Waals surface area contributed by atoms with Gasteiger partial charge in [0.1, 0.15) is 33.9 Å². The van der Waals surface area contributed by atoms with Gasteiger partial charge in [-0.25, -0.2) is 29.5 Å². The summed E-state index contributed by atoms with van der Waals surface area (Å²) in [6.07, 6.45) is 6.09. The molecule has 0 atom stereocenters. The first-order chi connectivity index (χ1) is 29.3. The van der Waals surface area contributed by atoms with Crippen LogP contribution in [0.3, 0.4) is 0 Å². The van der Waals surface area contributed by atoms with Crippen molar-refractivity contribution in [1.82, 2.24) is 57.7 Å². The van der Waals surface area contributed by atoms with Gasteiger partial charge >= 0.3 is 11.4 Å². The van der Waals surface area contributed by atoms with E-state index in [9.17, 15) is 28.8 Å². The fourth-order valence-electron chi connectivity index (χ4n) is 5.65. The predicted octanol–water partition coefficient (Wildman–Crippen LogP) is 3.91. The molecular weight excluding hydrogens is 1070 g/mol. The first-order valence-corrected chi connectivity index (χ1v) is 20.5. The molecule has 0 saturated heterocycles. The van der Waals surface area contributed by atoms with Crippen LogP contribution in [0.1, 0.15) is 11.4 Å². The van der Waals surface area contributed by atoms with Crippen molar-refractivity contribution in [3.63, 3.8) is 0 Å². The Bertz CT molecular complexity index is 3090. The van der Waals surface area contributed by atoms with Gasteiger partial charge in [0, 0.05) is 31.8 Å². The molecule has 0 radical (unpaired) electrons. The van der Waals surface area contributed by atoms with Gasteiger partial charge in [-0.2, -0.15) is 0 Å². The number of aromatic nitrogens is 12. The monoisotopic (exact) mass is 1100 g/mol. The van der Waals surface area contributed by atoms with Crippen molar-refractivity contribution in [1.29, 1.82) is 0 Å². The second kappa shape index (κ2) is 21.5. The zero-order valence-corrected chi connectivity index (χ0v) is 38.9. The number of H-pyrrole nitrogens is 1. The molecule has 0 aliphatic rings. The lowest BCUT2D eigenvalue weighted by Crippen LogP contribution is -2.40. The number of pyridine rings is 4. The quantitative estimate of drug-likeness (QED) is 0.138. The molecule has 24 heteroatoms. The Labute approximate surface area is 385 Å². The second-order valence-corrected chi connectivity index (χ2v) is 14.9. The van der Waals surface area contributed by atoms with Crippen molar-refractivity contribution in [2.24, 2.45) is 14.1 Å². The lowest BCUT2D eigenvalue weighted by Gasteiger charge is -2.10. The van der Waals surface area contributed by atoms with Crippen LogP contribution >= 0.6 is 64.8 Å². The fourth-order valence-corrected chi connectivity index (χ4v) is 6.67. The lowest BCUT2D eigenvalue weighted by atomic mass is 10.3. The van der Waals surface area contributed by atoms with Gasteiger partial charge in [0.05, 0.1) is 30.6 Å². The molecule has 2 amide bonds. The number of fused-ring (bicyclic) bond motifs is 2. The van der Waals surface area contributed by atoms with Crippen LogP contribution in [0.15, 0.2) is 126 Å². The molecule has 0 bridgehead atoms. The van der Waals surface area contributed by atoms with Gasteiger partial charge in [0.15, 0.2) is 22.3 Å². The highest BCUT2D eigenvalue weighted by Crippen LogP contribution is 2.13. The number of rotatable bonds is 9. The van der Waals surface area contributed by atoms with Crippen molar-refractivity contribution >= 4 is 111 Å². The van der Waals surface area contributed by atoms with Gasteiger partial charge in [0.2, 0.25) is 11.8 Å². The maximum Gasteiger partial charge on any atom is 0.332 e. The van der Waals surface area contributed by atoms with E-state index in [2.05, 4.69) is 93.3 Å². The summed E-state index contributed by atoms with van der Waals surface area (Å²) < 4.78 is 7.54. The molecule has 0 aliphatic carbocycles. The molecule has 0 saturated carbocycles. The smallest absolute Gasteiger partial charge is 0.315 e. The van der Waals surface area contributed by atoms with Crippen molar-refractivity contribution in [3.05, 3.63) is 160 Å². The summed E-state index contributed by atoms with van der Waals surface area (Å²) >= 11 is 9.75. The van der Waals surface area contributed by atoms with Crippen LogP contribution in [0.25, 0.3) is 22.3 Å². The Morgan fingerprint density at radius 3 is 1.66 bits per heavy atom. The number of hydrogen-bond donors (Lipinski definition) is 3. The van der Waals surface area contributed by atoms with Crippen LogP contribution in [0.2, 0.25) is 0 Å². The number of halogens is 4. The van der Waals surface area contributed by atoms with E-state index in [1.165, 1.54) is 45.0 Å². The number of aryl methyl sites for hydroxylation is 2. The fraction of sp³-hybridized carbons (Fsp3) is 0.158. The minimum atomic E-state index is -0.589. The number of imidazole rings is 2. The summed E-state index contributed by atoms with van der Waals surface area (Å²) in [4.78, 5) is 101. The molecule has 8 rings (SSSR count). The number of carbonyl (C=O) groups excluding carboxylic acids is 2. The molecule has 8 aromatic rings. The molecule has 62 heavy (non-hydrogen) atoms. The number of amides is 2. The van der Waals surface area contributed by atoms with E-state index in [4.69, 9.17) is 0 Å². The minimum absolute atomic E-state index is 0. The highest BCUT2D eigenvalue weighted by atomic mass is 79.9. The van der Waals surface area contributed by atoms with E-state index in [1.807, 2.05) is 18.2 Å². The van der Waals surface area contributed by atoms with E-state index in [-0.39, 0.29) is 70.8 Å². The van der Waals surface area contributed by atoms with Crippen LogP contribution in [-0.4, -0.2) is 69.5 Å². The molecule has 0 unspecified atom stereocenters. The van der Waals surface area contributed by atoms with Crippen LogP contribution in [0, 0.1) is 0 Å². The largest absolute Gasteiger partial charge is 0.332 e. The second-order valence-electron chi connectivity index (χ2n) is 12.7. The maximum absolute atomic E-state index is 13.1. The molecular formula is C38H34Br4N14O6. The number of alkyl halides is 1. The summed E-state index contributed by atoms with van der Waals surface area (Å²) in [5, 5.41) is 6.13. The van der Waals surface area contributed by atoms with Crippen molar-refractivity contribution in [3.8, 4) is 0 Å². The van der Waals surface area contributed by atoms with E-state index in [1.54, 1.807) is 67.0 Å². The molecule has 0 aliphatic heterocycles. The maximum atomic E-state index is 13.1. The SMILES string of the molecule is Br.BrCc1ccccn1.Cn1c(=O)[nH]c(=O)c2c1ncn2CC(=O)Nc1cccc(Br)n1.Cn1c(=O)n(Cc2ccccn2)c(=O)c2c1ncn2CC(=O)Nc1cccc(Br)n1. The Morgan fingerprint density at radius 1 is 0.661 bits per heavy atom. The highest BCUT2D eigenvalue weighted by Gasteiger charge is 2.19. The first kappa shape index (κ1) is 46.8. The van der Waals surface area contributed by atoms with Crippen LogP contribution in [-0.2, 0) is 48.6 Å². The lowest BCUT2D eigenvalue weighted by molar-refractivity contribution is -0.117. The van der Waals surface area contributed by atoms with Gasteiger partial charge in [-0.05, 0) is 80.4 Å².